The fourth-order valence-electron chi connectivity index (χ4n) is 2.35. The Morgan fingerprint density at radius 2 is 1.87 bits per heavy atom. The zero-order chi connectivity index (χ0) is 10.8. The lowest BCUT2D eigenvalue weighted by atomic mass is 9.98. The van der Waals surface area contributed by atoms with Crippen molar-refractivity contribution in [3.05, 3.63) is 12.1 Å². The highest BCUT2D eigenvalue weighted by molar-refractivity contribution is 5.43. The van der Waals surface area contributed by atoms with Gasteiger partial charge in [-0.25, -0.2) is 0 Å². The first-order chi connectivity index (χ1) is 7.18. The van der Waals surface area contributed by atoms with E-state index in [1.807, 2.05) is 12.1 Å². The zero-order valence-corrected chi connectivity index (χ0v) is 9.35. The molecule has 1 aromatic heterocycles. The Bertz CT molecular complexity index is 312. The third kappa shape index (κ3) is 2.03. The van der Waals surface area contributed by atoms with Crippen molar-refractivity contribution in [2.24, 2.45) is 0 Å². The predicted octanol–water partition coefficient (Wildman–Crippen LogP) is 1.83. The molecule has 2 heterocycles. The van der Waals surface area contributed by atoms with Gasteiger partial charge in [-0.05, 0) is 45.2 Å². The topological polar surface area (TPSA) is 55.0 Å². The molecule has 0 bridgehead atoms. The number of piperidine rings is 1. The molecule has 0 aromatic carbocycles. The Balaban J connectivity index is 2.23. The molecule has 0 radical (unpaired) electrons. The molecule has 4 nitrogen and oxygen atoms in total. The van der Waals surface area contributed by atoms with Crippen LogP contribution in [0.1, 0.15) is 33.1 Å². The van der Waals surface area contributed by atoms with Gasteiger partial charge in [-0.1, -0.05) is 0 Å². The standard InChI is InChI=1S/C11H18N4/c1-8-4-3-5-9(2)15(8)11-7-6-10(12)13-14-11/h6-9H,3-5H2,1-2H3,(H2,12,13)/t8-,9+. The second-order valence-corrected chi connectivity index (χ2v) is 4.35. The number of nitrogens with zero attached hydrogens (tertiary/aromatic N) is 3. The van der Waals surface area contributed by atoms with Crippen LogP contribution in [0, 0.1) is 0 Å². The molecule has 1 aromatic rings. The van der Waals surface area contributed by atoms with Crippen molar-refractivity contribution in [3.63, 3.8) is 0 Å². The van der Waals surface area contributed by atoms with Crippen LogP contribution in [-0.2, 0) is 0 Å². The lowest BCUT2D eigenvalue weighted by molar-refractivity contribution is 0.410. The van der Waals surface area contributed by atoms with E-state index in [1.54, 1.807) is 0 Å². The molecule has 2 rings (SSSR count). The number of hydrogen-bond acceptors (Lipinski definition) is 4. The van der Waals surface area contributed by atoms with Crippen LogP contribution in [0.2, 0.25) is 0 Å². The lowest BCUT2D eigenvalue weighted by Gasteiger charge is -2.39. The van der Waals surface area contributed by atoms with E-state index >= 15 is 0 Å². The molecule has 0 aliphatic carbocycles. The zero-order valence-electron chi connectivity index (χ0n) is 9.35. The number of aromatic nitrogens is 2. The van der Waals surface area contributed by atoms with Crippen LogP contribution in [0.25, 0.3) is 0 Å². The molecule has 4 heteroatoms. The molecule has 0 amide bonds. The van der Waals surface area contributed by atoms with Crippen molar-refractivity contribution >= 4 is 11.6 Å². The number of rotatable bonds is 1. The molecule has 1 aliphatic rings. The minimum atomic E-state index is 0.482. The summed E-state index contributed by atoms with van der Waals surface area (Å²) in [5, 5.41) is 8.06. The number of nitrogen functional groups attached to an aromatic ring is 1. The molecule has 2 atom stereocenters. The third-order valence-corrected chi connectivity index (χ3v) is 3.13. The summed E-state index contributed by atoms with van der Waals surface area (Å²) in [4.78, 5) is 2.34. The van der Waals surface area contributed by atoms with Crippen LogP contribution in [-0.4, -0.2) is 22.3 Å². The second-order valence-electron chi connectivity index (χ2n) is 4.35. The predicted molar refractivity (Wildman–Crippen MR) is 61.7 cm³/mol. The van der Waals surface area contributed by atoms with Gasteiger partial charge in [0.05, 0.1) is 0 Å². The summed E-state index contributed by atoms with van der Waals surface area (Å²) in [6.45, 7) is 4.49. The van der Waals surface area contributed by atoms with Gasteiger partial charge in [0.1, 0.15) is 5.82 Å². The normalized spacial score (nSPS) is 26.7. The van der Waals surface area contributed by atoms with Crippen LogP contribution in [0.4, 0.5) is 11.6 Å². The molecule has 0 unspecified atom stereocenters. The minimum absolute atomic E-state index is 0.482. The molecule has 0 saturated carbocycles. The number of nitrogens with two attached hydrogens (primary N) is 1. The highest BCUT2D eigenvalue weighted by Crippen LogP contribution is 2.27. The van der Waals surface area contributed by atoms with Crippen LogP contribution in [0.5, 0.6) is 0 Å². The van der Waals surface area contributed by atoms with E-state index in [0.29, 0.717) is 17.9 Å². The third-order valence-electron chi connectivity index (χ3n) is 3.13. The maximum absolute atomic E-state index is 5.53. The summed E-state index contributed by atoms with van der Waals surface area (Å²) >= 11 is 0. The summed E-state index contributed by atoms with van der Waals surface area (Å²) < 4.78 is 0. The molecular formula is C11H18N4. The highest BCUT2D eigenvalue weighted by atomic mass is 15.3. The Kier molecular flexibility index (Phi) is 2.75. The Hall–Kier alpha value is -1.32. The van der Waals surface area contributed by atoms with Gasteiger partial charge in [-0.2, -0.15) is 0 Å². The number of anilines is 2. The molecule has 1 fully saturated rings. The molecule has 2 N–H and O–H groups in total. The van der Waals surface area contributed by atoms with E-state index < -0.39 is 0 Å². The monoisotopic (exact) mass is 206 g/mol. The smallest absolute Gasteiger partial charge is 0.151 e. The van der Waals surface area contributed by atoms with Crippen molar-refractivity contribution in [1.82, 2.24) is 10.2 Å². The van der Waals surface area contributed by atoms with E-state index in [0.717, 1.165) is 5.82 Å². The Morgan fingerprint density at radius 3 is 2.40 bits per heavy atom. The molecule has 0 spiro atoms. The lowest BCUT2D eigenvalue weighted by Crippen LogP contribution is -2.44. The van der Waals surface area contributed by atoms with Crippen molar-refractivity contribution < 1.29 is 0 Å². The van der Waals surface area contributed by atoms with Crippen molar-refractivity contribution in [3.8, 4) is 0 Å². The average molecular weight is 206 g/mol. The van der Waals surface area contributed by atoms with Crippen molar-refractivity contribution in [2.45, 2.75) is 45.2 Å². The van der Waals surface area contributed by atoms with Gasteiger partial charge in [-0.15, -0.1) is 10.2 Å². The van der Waals surface area contributed by atoms with Gasteiger partial charge >= 0.3 is 0 Å². The van der Waals surface area contributed by atoms with Crippen LogP contribution >= 0.6 is 0 Å². The molecular weight excluding hydrogens is 188 g/mol. The maximum Gasteiger partial charge on any atom is 0.151 e. The van der Waals surface area contributed by atoms with Crippen molar-refractivity contribution in [2.75, 3.05) is 10.6 Å². The van der Waals surface area contributed by atoms with Gasteiger partial charge in [0.15, 0.2) is 5.82 Å². The minimum Gasteiger partial charge on any atom is -0.382 e. The first-order valence-corrected chi connectivity index (χ1v) is 5.56. The van der Waals surface area contributed by atoms with E-state index in [2.05, 4.69) is 28.9 Å². The van der Waals surface area contributed by atoms with E-state index in [-0.39, 0.29) is 0 Å². The maximum atomic E-state index is 5.53. The molecule has 15 heavy (non-hydrogen) atoms. The van der Waals surface area contributed by atoms with Crippen LogP contribution in [0.3, 0.4) is 0 Å². The molecule has 1 aliphatic heterocycles. The summed E-state index contributed by atoms with van der Waals surface area (Å²) in [5.41, 5.74) is 5.53. The first-order valence-electron chi connectivity index (χ1n) is 5.56. The van der Waals surface area contributed by atoms with Gasteiger partial charge in [0, 0.05) is 12.1 Å². The summed E-state index contributed by atoms with van der Waals surface area (Å²) in [5.74, 6) is 1.43. The average Bonchev–Trinajstić information content (AvgIpc) is 2.20. The van der Waals surface area contributed by atoms with Gasteiger partial charge in [0.2, 0.25) is 0 Å². The van der Waals surface area contributed by atoms with Gasteiger partial charge in [0.25, 0.3) is 0 Å². The van der Waals surface area contributed by atoms with E-state index in [4.69, 9.17) is 5.73 Å². The molecule has 82 valence electrons. The highest BCUT2D eigenvalue weighted by Gasteiger charge is 2.25. The fraction of sp³-hybridized carbons (Fsp3) is 0.636. The second kappa shape index (κ2) is 4.04. The first kappa shape index (κ1) is 10.2. The van der Waals surface area contributed by atoms with Gasteiger partial charge < -0.3 is 10.6 Å². The largest absolute Gasteiger partial charge is 0.382 e. The van der Waals surface area contributed by atoms with Gasteiger partial charge in [-0.3, -0.25) is 0 Å². The SMILES string of the molecule is C[C@@H]1CCC[C@H](C)N1c1ccc(N)nn1. The van der Waals surface area contributed by atoms with Crippen LogP contribution < -0.4 is 10.6 Å². The summed E-state index contributed by atoms with van der Waals surface area (Å²) in [6.07, 6.45) is 3.77. The van der Waals surface area contributed by atoms with Crippen LogP contribution in [0.15, 0.2) is 12.1 Å². The number of hydrogen-bond donors (Lipinski definition) is 1. The van der Waals surface area contributed by atoms with E-state index in [1.165, 1.54) is 19.3 Å². The quantitative estimate of drug-likeness (QED) is 0.761. The Labute approximate surface area is 90.5 Å². The fourth-order valence-corrected chi connectivity index (χ4v) is 2.35. The Morgan fingerprint density at radius 1 is 1.20 bits per heavy atom. The van der Waals surface area contributed by atoms with E-state index in [9.17, 15) is 0 Å². The van der Waals surface area contributed by atoms with Crippen molar-refractivity contribution in [1.29, 1.82) is 0 Å². The summed E-state index contributed by atoms with van der Waals surface area (Å²) in [6, 6.07) is 4.87. The summed E-state index contributed by atoms with van der Waals surface area (Å²) in [7, 11) is 0. The molecule has 1 saturated heterocycles.